The molecule has 1 aliphatic rings. The molecule has 10 aromatic carbocycles. The van der Waals surface area contributed by atoms with E-state index in [1.165, 1.54) is 12.8 Å². The first-order valence-electron chi connectivity index (χ1n) is 26.2. The standard InChI is InChI=1S/C43H25N3O2.C21H12ClN3O.C4H8O/c1-3-12-26(13-4-1)30-22-23-33(39-34-24-28-16-7-8-17-29(28)25-37(34)48-40(30)39)43-45-41(27-14-5-2-6-15-27)44-42(46-43)32-19-11-21-36-38(32)31-18-9-10-20-35(31)47-36;22-21-24-19(13-7-2-1-3-8-13)23-20(25-21)15-10-6-12-17-18(15)14-9-4-5-11-16(14)26-17;1-2-4-5-3-1/h1-25H;1-12H;1-4H2. The van der Waals surface area contributed by atoms with Crippen LogP contribution in [0.2, 0.25) is 5.28 Å². The van der Waals surface area contributed by atoms with Gasteiger partial charge in [0.15, 0.2) is 29.1 Å². The fourth-order valence-corrected chi connectivity index (χ4v) is 10.7. The third-order valence-corrected chi connectivity index (χ3v) is 14.4. The number of fused-ring (bicyclic) bond motifs is 10. The van der Waals surface area contributed by atoms with E-state index in [-0.39, 0.29) is 5.28 Å². The molecule has 79 heavy (non-hydrogen) atoms. The molecule has 0 aliphatic carbocycles. The van der Waals surface area contributed by atoms with Crippen LogP contribution in [0.5, 0.6) is 0 Å². The highest BCUT2D eigenvalue weighted by Gasteiger charge is 2.23. The topological polar surface area (TPSA) is 126 Å². The molecule has 10 nitrogen and oxygen atoms in total. The Kier molecular flexibility index (Phi) is 12.4. The maximum atomic E-state index is 6.75. The van der Waals surface area contributed by atoms with Gasteiger partial charge in [0.05, 0.1) is 0 Å². The molecule has 1 saturated heterocycles. The van der Waals surface area contributed by atoms with Crippen molar-refractivity contribution in [2.75, 3.05) is 13.2 Å². The van der Waals surface area contributed by atoms with Gasteiger partial charge in [-0.2, -0.15) is 9.97 Å². The molecule has 0 N–H and O–H groups in total. The Bertz CT molecular complexity index is 4720. The number of aromatic nitrogens is 6. The van der Waals surface area contributed by atoms with Gasteiger partial charge in [-0.1, -0.05) is 176 Å². The molecule has 11 heteroatoms. The van der Waals surface area contributed by atoms with Crippen molar-refractivity contribution in [2.24, 2.45) is 0 Å². The molecule has 1 fully saturated rings. The minimum absolute atomic E-state index is 0.165. The molecule has 0 radical (unpaired) electrons. The Labute approximate surface area is 457 Å². The molecule has 0 saturated carbocycles. The van der Waals surface area contributed by atoms with Crippen LogP contribution in [0.4, 0.5) is 0 Å². The zero-order chi connectivity index (χ0) is 52.7. The van der Waals surface area contributed by atoms with Crippen molar-refractivity contribution in [1.29, 1.82) is 0 Å². The highest BCUT2D eigenvalue weighted by atomic mass is 35.5. The number of para-hydroxylation sites is 2. The Morgan fingerprint density at radius 2 is 0.734 bits per heavy atom. The van der Waals surface area contributed by atoms with Gasteiger partial charge in [-0.3, -0.25) is 0 Å². The number of hydrogen-bond acceptors (Lipinski definition) is 10. The number of rotatable bonds is 6. The summed E-state index contributed by atoms with van der Waals surface area (Å²) < 4.78 is 23.9. The second kappa shape index (κ2) is 20.6. The first-order valence-corrected chi connectivity index (χ1v) is 26.6. The summed E-state index contributed by atoms with van der Waals surface area (Å²) in [5.74, 6) is 2.82. The van der Waals surface area contributed by atoms with E-state index in [2.05, 4.69) is 99.9 Å². The molecule has 378 valence electrons. The van der Waals surface area contributed by atoms with Gasteiger partial charge in [0.25, 0.3) is 0 Å². The van der Waals surface area contributed by atoms with E-state index in [0.29, 0.717) is 29.1 Å². The molecule has 5 aromatic heterocycles. The molecule has 6 heterocycles. The second-order valence-electron chi connectivity index (χ2n) is 19.2. The number of benzene rings is 10. The fraction of sp³-hybridized carbons (Fsp3) is 0.0588. The quantitative estimate of drug-likeness (QED) is 0.159. The third kappa shape index (κ3) is 9.08. The predicted octanol–water partition coefficient (Wildman–Crippen LogP) is 18.0. The fourth-order valence-electron chi connectivity index (χ4n) is 10.5. The van der Waals surface area contributed by atoms with Gasteiger partial charge in [0.2, 0.25) is 5.28 Å². The van der Waals surface area contributed by atoms with Gasteiger partial charge in [-0.25, -0.2) is 19.9 Å². The minimum Gasteiger partial charge on any atom is -0.456 e. The summed E-state index contributed by atoms with van der Waals surface area (Å²) >= 11 is 6.21. The van der Waals surface area contributed by atoms with E-state index in [1.807, 2.05) is 140 Å². The molecule has 0 atom stereocenters. The zero-order valence-electron chi connectivity index (χ0n) is 42.4. The molecule has 0 amide bonds. The van der Waals surface area contributed by atoms with E-state index in [0.717, 1.165) is 129 Å². The van der Waals surface area contributed by atoms with Crippen LogP contribution in [-0.2, 0) is 4.74 Å². The summed E-state index contributed by atoms with van der Waals surface area (Å²) in [4.78, 5) is 28.8. The number of halogens is 1. The van der Waals surface area contributed by atoms with Crippen LogP contribution >= 0.6 is 11.6 Å². The smallest absolute Gasteiger partial charge is 0.226 e. The number of hydrogen-bond donors (Lipinski definition) is 0. The Balaban J connectivity index is 0.000000152. The van der Waals surface area contributed by atoms with Crippen LogP contribution in [0.15, 0.2) is 238 Å². The van der Waals surface area contributed by atoms with E-state index >= 15 is 0 Å². The average molecular weight is 1050 g/mol. The van der Waals surface area contributed by atoms with Gasteiger partial charge in [0, 0.05) is 78.9 Å². The molecule has 0 unspecified atom stereocenters. The van der Waals surface area contributed by atoms with Crippen LogP contribution in [0.3, 0.4) is 0 Å². The summed E-state index contributed by atoms with van der Waals surface area (Å²) in [6.45, 7) is 2.00. The summed E-state index contributed by atoms with van der Waals surface area (Å²) in [5, 5.41) is 8.43. The highest BCUT2D eigenvalue weighted by Crippen LogP contribution is 2.44. The Morgan fingerprint density at radius 3 is 1.29 bits per heavy atom. The van der Waals surface area contributed by atoms with E-state index in [9.17, 15) is 0 Å². The highest BCUT2D eigenvalue weighted by molar-refractivity contribution is 6.28. The van der Waals surface area contributed by atoms with Crippen molar-refractivity contribution < 1.29 is 18.0 Å². The molecule has 0 bridgehead atoms. The van der Waals surface area contributed by atoms with E-state index in [4.69, 9.17) is 44.5 Å². The molecule has 0 spiro atoms. The summed E-state index contributed by atoms with van der Waals surface area (Å²) in [6, 6.07) is 75.0. The average Bonchev–Trinajstić information content (AvgIpc) is 4.54. The van der Waals surface area contributed by atoms with E-state index < -0.39 is 0 Å². The van der Waals surface area contributed by atoms with Crippen LogP contribution < -0.4 is 0 Å². The lowest BCUT2D eigenvalue weighted by Gasteiger charge is -2.11. The first kappa shape index (κ1) is 47.6. The molecule has 1 aliphatic heterocycles. The summed E-state index contributed by atoms with van der Waals surface area (Å²) in [7, 11) is 0. The molecular weight excluding hydrogens is 1000 g/mol. The number of ether oxygens (including phenoxy) is 1. The SMILES string of the molecule is C1CCOC1.Clc1nc(-c2ccccc2)nc(-c2cccc3oc4ccccc4c23)n1.c1ccc(-c2nc(-c3cccc4oc5ccccc5c34)nc(-c3ccc(-c4ccccc4)c4oc5cc6ccccc6cc5c34)n2)cc1. The van der Waals surface area contributed by atoms with Crippen molar-refractivity contribution in [3.8, 4) is 68.1 Å². The largest absolute Gasteiger partial charge is 0.456 e. The van der Waals surface area contributed by atoms with Crippen LogP contribution in [-0.4, -0.2) is 43.1 Å². The Morgan fingerprint density at radius 1 is 0.304 bits per heavy atom. The molecule has 15 aromatic rings. The number of nitrogens with zero attached hydrogens (tertiary/aromatic N) is 6. The van der Waals surface area contributed by atoms with Crippen LogP contribution in [0.1, 0.15) is 12.8 Å². The van der Waals surface area contributed by atoms with Crippen molar-refractivity contribution >= 4 is 88.2 Å². The van der Waals surface area contributed by atoms with Crippen molar-refractivity contribution in [3.05, 3.63) is 230 Å². The van der Waals surface area contributed by atoms with Gasteiger partial charge in [0.1, 0.15) is 33.5 Å². The monoisotopic (exact) mass is 1040 g/mol. The normalized spacial score (nSPS) is 12.4. The van der Waals surface area contributed by atoms with Crippen molar-refractivity contribution in [1.82, 2.24) is 29.9 Å². The Hall–Kier alpha value is -9.87. The lowest BCUT2D eigenvalue weighted by Crippen LogP contribution is -2.01. The second-order valence-corrected chi connectivity index (χ2v) is 19.5. The van der Waals surface area contributed by atoms with Crippen molar-refractivity contribution in [2.45, 2.75) is 12.8 Å². The minimum atomic E-state index is 0.165. The van der Waals surface area contributed by atoms with Crippen LogP contribution in [0.25, 0.3) is 145 Å². The molecule has 16 rings (SSSR count). The maximum Gasteiger partial charge on any atom is 0.226 e. The van der Waals surface area contributed by atoms with Crippen molar-refractivity contribution in [3.63, 3.8) is 0 Å². The summed E-state index contributed by atoms with van der Waals surface area (Å²) in [6.07, 6.45) is 2.56. The van der Waals surface area contributed by atoms with Gasteiger partial charge in [-0.05, 0) is 89.3 Å². The van der Waals surface area contributed by atoms with Crippen LogP contribution in [0, 0.1) is 0 Å². The van der Waals surface area contributed by atoms with Gasteiger partial charge < -0.3 is 18.0 Å². The van der Waals surface area contributed by atoms with Gasteiger partial charge in [-0.15, -0.1) is 0 Å². The zero-order valence-corrected chi connectivity index (χ0v) is 43.1. The number of furan rings is 3. The van der Waals surface area contributed by atoms with Gasteiger partial charge >= 0.3 is 0 Å². The first-order chi connectivity index (χ1) is 39.1. The third-order valence-electron chi connectivity index (χ3n) is 14.2. The maximum absolute atomic E-state index is 6.75. The lowest BCUT2D eigenvalue weighted by molar-refractivity contribution is 0.198. The lowest BCUT2D eigenvalue weighted by atomic mass is 9.97. The predicted molar refractivity (Wildman–Crippen MR) is 317 cm³/mol. The van der Waals surface area contributed by atoms with E-state index in [1.54, 1.807) is 0 Å². The summed E-state index contributed by atoms with van der Waals surface area (Å²) in [5.41, 5.74) is 11.4. The molecular formula is C68H45ClN6O4.